The summed E-state index contributed by atoms with van der Waals surface area (Å²) in [7, 11) is 1.69. The van der Waals surface area contributed by atoms with Gasteiger partial charge >= 0.3 is 0 Å². The zero-order chi connectivity index (χ0) is 17.1. The van der Waals surface area contributed by atoms with Crippen LogP contribution in [0.3, 0.4) is 0 Å². The van der Waals surface area contributed by atoms with E-state index in [4.69, 9.17) is 9.84 Å². The number of benzene rings is 2. The lowest BCUT2D eigenvalue weighted by Gasteiger charge is -2.09. The summed E-state index contributed by atoms with van der Waals surface area (Å²) in [5, 5.41) is 8.56. The lowest BCUT2D eigenvalue weighted by atomic mass is 10.0. The molecular weight excluding hydrogens is 310 g/mol. The number of hydrogen-bond donors (Lipinski definition) is 1. The van der Waals surface area contributed by atoms with Crippen LogP contribution in [0, 0.1) is 0 Å². The molecule has 4 rings (SSSR count). The summed E-state index contributed by atoms with van der Waals surface area (Å²) in [6.07, 6.45) is 4.35. The predicted molar refractivity (Wildman–Crippen MR) is 101 cm³/mol. The third-order valence-electron chi connectivity index (χ3n) is 4.74. The van der Waals surface area contributed by atoms with Gasteiger partial charge in [0.05, 0.1) is 18.5 Å². The van der Waals surface area contributed by atoms with Gasteiger partial charge in [0.25, 0.3) is 0 Å². The molecule has 25 heavy (non-hydrogen) atoms. The standard InChI is InChI=1S/C21H23N3O/c1-25-18-12-10-17(11-13-18)24-21-19(9-5-6-14-22-21)20(23-24)15-16-7-3-2-4-8-16/h2-4,7-8,10-13,22H,5-6,9,14-15H2,1H3. The third kappa shape index (κ3) is 3.25. The fourth-order valence-corrected chi connectivity index (χ4v) is 3.41. The molecule has 1 aliphatic rings. The molecule has 2 aromatic carbocycles. The molecule has 0 bridgehead atoms. The Labute approximate surface area is 148 Å². The van der Waals surface area contributed by atoms with Crippen molar-refractivity contribution in [3.63, 3.8) is 0 Å². The van der Waals surface area contributed by atoms with Crippen molar-refractivity contribution in [1.29, 1.82) is 0 Å². The van der Waals surface area contributed by atoms with E-state index in [1.165, 1.54) is 29.7 Å². The highest BCUT2D eigenvalue weighted by Crippen LogP contribution is 2.30. The van der Waals surface area contributed by atoms with Crippen LogP contribution in [0.4, 0.5) is 5.82 Å². The third-order valence-corrected chi connectivity index (χ3v) is 4.74. The predicted octanol–water partition coefficient (Wildman–Crippen LogP) is 4.22. The van der Waals surface area contributed by atoms with Crippen LogP contribution in [-0.4, -0.2) is 23.4 Å². The highest BCUT2D eigenvalue weighted by molar-refractivity contribution is 5.55. The van der Waals surface area contributed by atoms with Crippen LogP contribution in [-0.2, 0) is 12.8 Å². The Morgan fingerprint density at radius 3 is 2.60 bits per heavy atom. The number of nitrogens with one attached hydrogen (secondary N) is 1. The molecule has 0 spiro atoms. The number of aromatic nitrogens is 2. The normalized spacial score (nSPS) is 13.6. The lowest BCUT2D eigenvalue weighted by Crippen LogP contribution is -2.07. The molecule has 4 nitrogen and oxygen atoms in total. The van der Waals surface area contributed by atoms with E-state index in [2.05, 4.69) is 52.5 Å². The number of methoxy groups -OCH3 is 1. The van der Waals surface area contributed by atoms with E-state index >= 15 is 0 Å². The van der Waals surface area contributed by atoms with Crippen molar-refractivity contribution < 1.29 is 4.74 Å². The molecule has 3 aromatic rings. The second-order valence-electron chi connectivity index (χ2n) is 6.43. The lowest BCUT2D eigenvalue weighted by molar-refractivity contribution is 0.414. The topological polar surface area (TPSA) is 39.1 Å². The van der Waals surface area contributed by atoms with Crippen molar-refractivity contribution in [2.75, 3.05) is 19.0 Å². The molecule has 0 fully saturated rings. The van der Waals surface area contributed by atoms with Crippen LogP contribution >= 0.6 is 0 Å². The second kappa shape index (κ2) is 7.01. The van der Waals surface area contributed by atoms with Crippen LogP contribution < -0.4 is 10.1 Å². The summed E-state index contributed by atoms with van der Waals surface area (Å²) >= 11 is 0. The summed E-state index contributed by atoms with van der Waals surface area (Å²) in [6.45, 7) is 1.000. The van der Waals surface area contributed by atoms with E-state index in [0.717, 1.165) is 36.6 Å². The first-order valence-electron chi connectivity index (χ1n) is 8.88. The van der Waals surface area contributed by atoms with Crippen molar-refractivity contribution in [1.82, 2.24) is 9.78 Å². The molecule has 2 heterocycles. The van der Waals surface area contributed by atoms with Crippen LogP contribution in [0.1, 0.15) is 29.7 Å². The fourth-order valence-electron chi connectivity index (χ4n) is 3.41. The number of anilines is 1. The van der Waals surface area contributed by atoms with E-state index in [0.29, 0.717) is 0 Å². The Bertz CT molecular complexity index is 838. The van der Waals surface area contributed by atoms with Gasteiger partial charge in [-0.25, -0.2) is 4.68 Å². The van der Waals surface area contributed by atoms with Gasteiger partial charge in [-0.05, 0) is 49.1 Å². The minimum Gasteiger partial charge on any atom is -0.497 e. The van der Waals surface area contributed by atoms with Crippen molar-refractivity contribution in [2.24, 2.45) is 0 Å². The van der Waals surface area contributed by atoms with Gasteiger partial charge in [-0.1, -0.05) is 30.3 Å². The molecule has 0 aliphatic carbocycles. The fraction of sp³-hybridized carbons (Fsp3) is 0.286. The smallest absolute Gasteiger partial charge is 0.133 e. The van der Waals surface area contributed by atoms with Crippen LogP contribution in [0.25, 0.3) is 5.69 Å². The minimum absolute atomic E-state index is 0.861. The van der Waals surface area contributed by atoms with Gasteiger partial charge in [-0.3, -0.25) is 0 Å². The molecule has 128 valence electrons. The second-order valence-corrected chi connectivity index (χ2v) is 6.43. The molecule has 1 aromatic heterocycles. The summed E-state index contributed by atoms with van der Waals surface area (Å²) < 4.78 is 7.33. The Morgan fingerprint density at radius 1 is 1.04 bits per heavy atom. The SMILES string of the molecule is COc1ccc(-n2nc(Cc3ccccc3)c3c2NCCCC3)cc1. The molecule has 0 radical (unpaired) electrons. The van der Waals surface area contributed by atoms with Gasteiger partial charge < -0.3 is 10.1 Å². The largest absolute Gasteiger partial charge is 0.497 e. The number of rotatable bonds is 4. The van der Waals surface area contributed by atoms with Gasteiger partial charge in [0, 0.05) is 18.5 Å². The molecule has 1 N–H and O–H groups in total. The first-order valence-corrected chi connectivity index (χ1v) is 8.88. The molecule has 4 heteroatoms. The van der Waals surface area contributed by atoms with Crippen molar-refractivity contribution in [3.05, 3.63) is 71.4 Å². The molecule has 0 atom stereocenters. The zero-order valence-corrected chi connectivity index (χ0v) is 14.5. The zero-order valence-electron chi connectivity index (χ0n) is 14.5. The van der Waals surface area contributed by atoms with E-state index in [9.17, 15) is 0 Å². The summed E-state index contributed by atoms with van der Waals surface area (Å²) in [6, 6.07) is 18.7. The van der Waals surface area contributed by atoms with Crippen LogP contribution in [0.2, 0.25) is 0 Å². The van der Waals surface area contributed by atoms with Gasteiger partial charge in [0.1, 0.15) is 11.6 Å². The summed E-state index contributed by atoms with van der Waals surface area (Å²) in [4.78, 5) is 0. The number of nitrogens with zero attached hydrogens (tertiary/aromatic N) is 2. The monoisotopic (exact) mass is 333 g/mol. The summed E-state index contributed by atoms with van der Waals surface area (Å²) in [5.74, 6) is 2.01. The highest BCUT2D eigenvalue weighted by atomic mass is 16.5. The number of ether oxygens (including phenoxy) is 1. The number of hydrogen-bond acceptors (Lipinski definition) is 3. The van der Waals surface area contributed by atoms with Crippen LogP contribution in [0.5, 0.6) is 5.75 Å². The van der Waals surface area contributed by atoms with Crippen LogP contribution in [0.15, 0.2) is 54.6 Å². The molecular formula is C21H23N3O. The average molecular weight is 333 g/mol. The first kappa shape index (κ1) is 15.8. The summed E-state index contributed by atoms with van der Waals surface area (Å²) in [5.41, 5.74) is 4.89. The molecule has 0 saturated carbocycles. The van der Waals surface area contributed by atoms with E-state index in [1.807, 2.05) is 12.1 Å². The van der Waals surface area contributed by atoms with E-state index < -0.39 is 0 Å². The van der Waals surface area contributed by atoms with Crippen molar-refractivity contribution in [3.8, 4) is 11.4 Å². The minimum atomic E-state index is 0.861. The quantitative estimate of drug-likeness (QED) is 0.777. The first-order chi connectivity index (χ1) is 12.3. The molecule has 0 unspecified atom stereocenters. The van der Waals surface area contributed by atoms with E-state index in [-0.39, 0.29) is 0 Å². The van der Waals surface area contributed by atoms with Gasteiger partial charge in [-0.2, -0.15) is 5.10 Å². The maximum atomic E-state index is 5.28. The molecule has 1 aliphatic heterocycles. The van der Waals surface area contributed by atoms with Gasteiger partial charge in [-0.15, -0.1) is 0 Å². The van der Waals surface area contributed by atoms with Gasteiger partial charge in [0.15, 0.2) is 0 Å². The highest BCUT2D eigenvalue weighted by Gasteiger charge is 2.20. The van der Waals surface area contributed by atoms with E-state index in [1.54, 1.807) is 7.11 Å². The Hall–Kier alpha value is -2.75. The van der Waals surface area contributed by atoms with Crippen molar-refractivity contribution in [2.45, 2.75) is 25.7 Å². The molecule has 0 saturated heterocycles. The maximum absolute atomic E-state index is 5.28. The maximum Gasteiger partial charge on any atom is 0.133 e. The molecule has 0 amide bonds. The number of fused-ring (bicyclic) bond motifs is 1. The Kier molecular flexibility index (Phi) is 4.42. The van der Waals surface area contributed by atoms with Gasteiger partial charge in [0.2, 0.25) is 0 Å². The Morgan fingerprint density at radius 2 is 1.84 bits per heavy atom. The van der Waals surface area contributed by atoms with Crippen molar-refractivity contribution >= 4 is 5.82 Å². The average Bonchev–Trinajstić information content (AvgIpc) is 2.84. The Balaban J connectivity index is 1.75.